The number of fused-ring (bicyclic) bond motifs is 1. The number of hydrogen-bond acceptors (Lipinski definition) is 5. The number of carbonyl (C=O) groups is 1. The van der Waals surface area contributed by atoms with Gasteiger partial charge in [-0.1, -0.05) is 0 Å². The number of ether oxygens (including phenoxy) is 2. The third-order valence-corrected chi connectivity index (χ3v) is 3.46. The molecule has 0 bridgehead atoms. The predicted octanol–water partition coefficient (Wildman–Crippen LogP) is 2.34. The lowest BCUT2D eigenvalue weighted by Gasteiger charge is -2.05. The van der Waals surface area contributed by atoms with Gasteiger partial charge in [-0.25, -0.2) is 4.79 Å². The van der Waals surface area contributed by atoms with Gasteiger partial charge in [-0.05, 0) is 36.6 Å². The van der Waals surface area contributed by atoms with Gasteiger partial charge in [-0.3, -0.25) is 0 Å². The van der Waals surface area contributed by atoms with Crippen LogP contribution in [0.1, 0.15) is 11.8 Å². The summed E-state index contributed by atoms with van der Waals surface area (Å²) in [5.41, 5.74) is 0. The van der Waals surface area contributed by atoms with Gasteiger partial charge in [0, 0.05) is 9.58 Å². The van der Waals surface area contributed by atoms with Crippen molar-refractivity contribution in [3.63, 3.8) is 0 Å². The van der Waals surface area contributed by atoms with E-state index >= 15 is 0 Å². The molecule has 1 N–H and O–H groups in total. The van der Waals surface area contributed by atoms with Crippen LogP contribution in [-0.2, 0) is 16.1 Å². The number of benzene rings is 1. The first kappa shape index (κ1) is 12.9. The first-order chi connectivity index (χ1) is 8.72. The zero-order valence-corrected chi connectivity index (χ0v) is 10.8. The first-order valence-corrected chi connectivity index (χ1v) is 6.46. The Balaban J connectivity index is 2.07. The number of thiophene rings is 1. The lowest BCUT2D eigenvalue weighted by atomic mass is 10.2. The molecule has 0 unspecified atom stereocenters. The summed E-state index contributed by atoms with van der Waals surface area (Å²) in [5, 5.41) is 10.1. The lowest BCUT2D eigenvalue weighted by Crippen LogP contribution is -2.14. The second kappa shape index (κ2) is 5.84. The molecule has 4 nitrogen and oxygen atoms in total. The Morgan fingerprint density at radius 1 is 1.39 bits per heavy atom. The number of carbonyl (C=O) groups excluding carboxylic acids is 1. The van der Waals surface area contributed by atoms with Crippen molar-refractivity contribution in [2.75, 3.05) is 13.2 Å². The summed E-state index contributed by atoms with van der Waals surface area (Å²) in [6.07, 6.45) is 0. The highest BCUT2D eigenvalue weighted by Gasteiger charge is 2.05. The lowest BCUT2D eigenvalue weighted by molar-refractivity contribution is -0.145. The SMILES string of the molecule is CCOC(=O)COc1ccc2sc(CO)cc2c1. The van der Waals surface area contributed by atoms with Crippen molar-refractivity contribution in [3.05, 3.63) is 29.1 Å². The molecule has 5 heteroatoms. The van der Waals surface area contributed by atoms with Crippen molar-refractivity contribution in [2.45, 2.75) is 13.5 Å². The molecule has 96 valence electrons. The summed E-state index contributed by atoms with van der Waals surface area (Å²) in [5.74, 6) is 0.247. The monoisotopic (exact) mass is 266 g/mol. The van der Waals surface area contributed by atoms with Crippen LogP contribution in [0.2, 0.25) is 0 Å². The van der Waals surface area contributed by atoms with Gasteiger partial charge in [0.25, 0.3) is 0 Å². The van der Waals surface area contributed by atoms with Gasteiger partial charge in [0.15, 0.2) is 6.61 Å². The Labute approximate surface area is 109 Å². The van der Waals surface area contributed by atoms with Gasteiger partial charge in [0.05, 0.1) is 13.2 Å². The zero-order chi connectivity index (χ0) is 13.0. The van der Waals surface area contributed by atoms with Gasteiger partial charge in [-0.2, -0.15) is 0 Å². The zero-order valence-electron chi connectivity index (χ0n) is 10.0. The normalized spacial score (nSPS) is 10.6. The molecule has 0 aliphatic carbocycles. The number of rotatable bonds is 5. The van der Waals surface area contributed by atoms with E-state index in [4.69, 9.17) is 14.6 Å². The molecular weight excluding hydrogens is 252 g/mol. The fourth-order valence-electron chi connectivity index (χ4n) is 1.59. The number of aliphatic hydroxyl groups is 1. The second-order valence-electron chi connectivity index (χ2n) is 3.66. The molecule has 0 atom stereocenters. The minimum Gasteiger partial charge on any atom is -0.482 e. The third kappa shape index (κ3) is 3.00. The average Bonchev–Trinajstić information content (AvgIpc) is 2.78. The highest BCUT2D eigenvalue weighted by molar-refractivity contribution is 7.19. The summed E-state index contributed by atoms with van der Waals surface area (Å²) >= 11 is 1.54. The van der Waals surface area contributed by atoms with E-state index in [0.29, 0.717) is 12.4 Å². The fourth-order valence-corrected chi connectivity index (χ4v) is 2.49. The summed E-state index contributed by atoms with van der Waals surface area (Å²) in [6, 6.07) is 7.49. The van der Waals surface area contributed by atoms with Crippen molar-refractivity contribution in [1.82, 2.24) is 0 Å². The quantitative estimate of drug-likeness (QED) is 0.844. The van der Waals surface area contributed by atoms with E-state index in [2.05, 4.69) is 0 Å². The van der Waals surface area contributed by atoms with E-state index in [1.807, 2.05) is 18.2 Å². The van der Waals surface area contributed by atoms with E-state index in [9.17, 15) is 4.79 Å². The number of hydrogen-bond donors (Lipinski definition) is 1. The van der Waals surface area contributed by atoms with Crippen LogP contribution < -0.4 is 4.74 Å². The number of aliphatic hydroxyl groups excluding tert-OH is 1. The van der Waals surface area contributed by atoms with Gasteiger partial charge in [-0.15, -0.1) is 11.3 Å². The molecular formula is C13H14O4S. The van der Waals surface area contributed by atoms with Gasteiger partial charge < -0.3 is 14.6 Å². The molecule has 0 spiro atoms. The molecule has 1 aromatic carbocycles. The summed E-state index contributed by atoms with van der Waals surface area (Å²) in [6.45, 7) is 2.06. The Hall–Kier alpha value is -1.59. The molecule has 1 aromatic heterocycles. The van der Waals surface area contributed by atoms with E-state index in [1.165, 1.54) is 0 Å². The van der Waals surface area contributed by atoms with Crippen LogP contribution in [0.3, 0.4) is 0 Å². The minimum absolute atomic E-state index is 0.0400. The second-order valence-corrected chi connectivity index (χ2v) is 4.83. The molecule has 2 rings (SSSR count). The van der Waals surface area contributed by atoms with Gasteiger partial charge in [0.1, 0.15) is 5.75 Å². The smallest absolute Gasteiger partial charge is 0.344 e. The first-order valence-electron chi connectivity index (χ1n) is 5.64. The van der Waals surface area contributed by atoms with Crippen molar-refractivity contribution < 1.29 is 19.4 Å². The van der Waals surface area contributed by atoms with E-state index in [1.54, 1.807) is 24.3 Å². The largest absolute Gasteiger partial charge is 0.482 e. The van der Waals surface area contributed by atoms with Crippen LogP contribution in [-0.4, -0.2) is 24.3 Å². The van der Waals surface area contributed by atoms with Gasteiger partial charge in [0.2, 0.25) is 0 Å². The van der Waals surface area contributed by atoms with Gasteiger partial charge >= 0.3 is 5.97 Å². The molecule has 0 aliphatic rings. The van der Waals surface area contributed by atoms with Crippen LogP contribution in [0.5, 0.6) is 5.75 Å². The minimum atomic E-state index is -0.376. The maximum absolute atomic E-state index is 11.2. The molecule has 0 saturated carbocycles. The van der Waals surface area contributed by atoms with E-state index in [0.717, 1.165) is 15.0 Å². The molecule has 0 saturated heterocycles. The van der Waals surface area contributed by atoms with E-state index < -0.39 is 0 Å². The Bertz CT molecular complexity index is 547. The highest BCUT2D eigenvalue weighted by atomic mass is 32.1. The molecule has 0 aliphatic heterocycles. The topological polar surface area (TPSA) is 55.8 Å². The van der Waals surface area contributed by atoms with Crippen molar-refractivity contribution in [3.8, 4) is 5.75 Å². The van der Waals surface area contributed by atoms with E-state index in [-0.39, 0.29) is 19.2 Å². The third-order valence-electron chi connectivity index (χ3n) is 2.36. The van der Waals surface area contributed by atoms with Crippen LogP contribution in [0.4, 0.5) is 0 Å². The molecule has 0 radical (unpaired) electrons. The Kier molecular flexibility index (Phi) is 4.17. The Morgan fingerprint density at radius 2 is 2.22 bits per heavy atom. The molecule has 2 aromatic rings. The van der Waals surface area contributed by atoms with Crippen LogP contribution in [0.25, 0.3) is 10.1 Å². The fraction of sp³-hybridized carbons (Fsp3) is 0.308. The van der Waals surface area contributed by atoms with Crippen LogP contribution in [0.15, 0.2) is 24.3 Å². The molecule has 0 fully saturated rings. The molecule has 18 heavy (non-hydrogen) atoms. The molecule has 1 heterocycles. The molecule has 0 amide bonds. The maximum Gasteiger partial charge on any atom is 0.344 e. The van der Waals surface area contributed by atoms with Crippen molar-refractivity contribution >= 4 is 27.4 Å². The van der Waals surface area contributed by atoms with Crippen LogP contribution >= 0.6 is 11.3 Å². The highest BCUT2D eigenvalue weighted by Crippen LogP contribution is 2.28. The number of esters is 1. The summed E-state index contributed by atoms with van der Waals surface area (Å²) in [4.78, 5) is 12.1. The standard InChI is InChI=1S/C13H14O4S/c1-2-16-13(15)8-17-10-3-4-12-9(5-10)6-11(7-14)18-12/h3-6,14H,2,7-8H2,1H3. The Morgan fingerprint density at radius 3 is 2.94 bits per heavy atom. The summed E-state index contributed by atoms with van der Waals surface area (Å²) < 4.78 is 11.2. The maximum atomic E-state index is 11.2. The summed E-state index contributed by atoms with van der Waals surface area (Å²) in [7, 11) is 0. The van der Waals surface area contributed by atoms with Crippen molar-refractivity contribution in [2.24, 2.45) is 0 Å². The van der Waals surface area contributed by atoms with Crippen molar-refractivity contribution in [1.29, 1.82) is 0 Å². The average molecular weight is 266 g/mol. The predicted molar refractivity (Wildman–Crippen MR) is 69.9 cm³/mol. The van der Waals surface area contributed by atoms with Crippen LogP contribution in [0, 0.1) is 0 Å².